The maximum Gasteiger partial charge on any atom is 0.255 e. The quantitative estimate of drug-likeness (QED) is 0.571. The van der Waals surface area contributed by atoms with E-state index in [1.54, 1.807) is 27.7 Å². The Morgan fingerprint density at radius 2 is 1.82 bits per heavy atom. The predicted molar refractivity (Wildman–Crippen MR) is 138 cm³/mol. The second kappa shape index (κ2) is 9.78. The fraction of sp³-hybridized carbons (Fsp3) is 0.483. The number of fused-ring (bicyclic) bond motifs is 1. The minimum atomic E-state index is -3.80. The Bertz CT molecular complexity index is 1750. The first-order valence-electron chi connectivity index (χ1n) is 17.3. The largest absolute Gasteiger partial charge is 0.488 e. The Hall–Kier alpha value is -3.30. The van der Waals surface area contributed by atoms with Crippen molar-refractivity contribution in [1.29, 1.82) is 0 Å². The maximum absolute atomic E-state index is 16.3. The molecule has 3 aliphatic rings. The van der Waals surface area contributed by atoms with Crippen LogP contribution in [-0.4, -0.2) is 57.8 Å². The molecule has 0 radical (unpaired) electrons. The molecule has 2 fully saturated rings. The van der Waals surface area contributed by atoms with E-state index in [4.69, 9.17) is 24.6 Å². The van der Waals surface area contributed by atoms with E-state index < -0.39 is 101 Å². The van der Waals surface area contributed by atoms with Crippen molar-refractivity contribution in [1.82, 2.24) is 15.1 Å². The summed E-state index contributed by atoms with van der Waals surface area (Å²) in [6.45, 7) is -1.83. The Balaban J connectivity index is 1.55. The molecule has 3 heterocycles. The van der Waals surface area contributed by atoms with Crippen LogP contribution in [0.2, 0.25) is 0 Å². The molecule has 8 nitrogen and oxygen atoms in total. The van der Waals surface area contributed by atoms with Crippen molar-refractivity contribution >= 4 is 17.7 Å². The zero-order valence-corrected chi connectivity index (χ0v) is 21.2. The molecule has 1 N–H and O–H groups in total. The number of nitrogens with zero attached hydrogens (tertiary/aromatic N) is 2. The summed E-state index contributed by atoms with van der Waals surface area (Å²) in [7, 11) is 0. The van der Waals surface area contributed by atoms with Gasteiger partial charge in [0, 0.05) is 56.4 Å². The van der Waals surface area contributed by atoms with Crippen LogP contribution in [0, 0.1) is 5.82 Å². The van der Waals surface area contributed by atoms with Crippen LogP contribution in [0.3, 0.4) is 0 Å². The Labute approximate surface area is 237 Å². The van der Waals surface area contributed by atoms with Gasteiger partial charge in [-0.25, -0.2) is 4.39 Å². The molecule has 0 aliphatic carbocycles. The van der Waals surface area contributed by atoms with Gasteiger partial charge < -0.3 is 14.4 Å². The van der Waals surface area contributed by atoms with Crippen molar-refractivity contribution in [3.05, 3.63) is 64.5 Å². The van der Waals surface area contributed by atoms with Crippen LogP contribution in [0.5, 0.6) is 5.75 Å². The first-order chi connectivity index (χ1) is 22.1. The SMILES string of the molecule is [2H]C([2H])(Oc1cccc2c1C([2H])([2H])N(C1([2H])C(=O)NC(=O)C([2H])([2H])C1([2H])[2H])C2=O)c1cccc(C([2H])([2H])N2CC(C)(C)OC(C)(C)C2)c1F. The maximum atomic E-state index is 16.3. The van der Waals surface area contributed by atoms with Gasteiger partial charge >= 0.3 is 0 Å². The lowest BCUT2D eigenvalue weighted by Gasteiger charge is -2.47. The number of rotatable bonds is 6. The molecule has 3 amide bonds. The average molecular weight is 535 g/mol. The molecular formula is C29H34FN3O5. The van der Waals surface area contributed by atoms with Gasteiger partial charge in [-0.1, -0.05) is 24.3 Å². The normalized spacial score (nSPS) is 33.8. The fourth-order valence-corrected chi connectivity index (χ4v) is 4.72. The van der Waals surface area contributed by atoms with Crippen LogP contribution in [-0.2, 0) is 33.9 Å². The van der Waals surface area contributed by atoms with Gasteiger partial charge in [-0.15, -0.1) is 0 Å². The molecule has 2 saturated heterocycles. The van der Waals surface area contributed by atoms with Crippen molar-refractivity contribution in [3.8, 4) is 5.75 Å². The first kappa shape index (κ1) is 16.0. The van der Waals surface area contributed by atoms with Crippen LogP contribution in [0.15, 0.2) is 36.4 Å². The molecule has 3 aliphatic heterocycles. The number of amides is 3. The smallest absolute Gasteiger partial charge is 0.255 e. The molecule has 2 aromatic carbocycles. The van der Waals surface area contributed by atoms with Gasteiger partial charge in [-0.05, 0) is 46.2 Å². The van der Waals surface area contributed by atoms with E-state index in [2.05, 4.69) is 0 Å². The molecule has 38 heavy (non-hydrogen) atoms. The number of morpholine rings is 1. The summed E-state index contributed by atoms with van der Waals surface area (Å²) in [6, 6.07) is 2.83. The molecule has 1 atom stereocenters. The van der Waals surface area contributed by atoms with Gasteiger partial charge in [0.1, 0.15) is 24.1 Å². The van der Waals surface area contributed by atoms with Gasteiger partial charge in [-0.2, -0.15) is 0 Å². The van der Waals surface area contributed by atoms with Crippen molar-refractivity contribution in [2.75, 3.05) is 13.1 Å². The molecule has 2 aromatic rings. The Morgan fingerprint density at radius 1 is 1.13 bits per heavy atom. The number of benzene rings is 2. The van der Waals surface area contributed by atoms with Crippen LogP contribution in [0.4, 0.5) is 4.39 Å². The third-order valence-corrected chi connectivity index (χ3v) is 5.89. The highest BCUT2D eigenvalue weighted by Gasteiger charge is 2.40. The lowest BCUT2D eigenvalue weighted by atomic mass is 9.98. The van der Waals surface area contributed by atoms with E-state index in [-0.39, 0.29) is 18.0 Å². The van der Waals surface area contributed by atoms with Crippen LogP contribution < -0.4 is 10.1 Å². The predicted octanol–water partition coefficient (Wildman–Crippen LogP) is 3.56. The van der Waals surface area contributed by atoms with Crippen molar-refractivity contribution in [2.45, 2.75) is 77.2 Å². The van der Waals surface area contributed by atoms with E-state index in [1.165, 1.54) is 16.3 Å². The topological polar surface area (TPSA) is 88.2 Å². The second-order valence-electron chi connectivity index (χ2n) is 10.3. The number of hydrogen-bond acceptors (Lipinski definition) is 6. The zero-order chi connectivity index (χ0) is 37.1. The lowest BCUT2D eigenvalue weighted by molar-refractivity contribution is -0.182. The standard InChI is InChI=1S/C29H34FN3O5/c1-28(2)16-32(17-29(3,4)38-28)13-18-7-5-8-19(25(18)30)15-37-23-10-6-9-20-21(23)14-33(27(20)36)22-11-12-24(34)31-26(22)35/h5-10,22H,11-17H2,1-4H3,(H,31,34,35)/i11D2,12D2,13D2,14D2,15D2,22D. The number of carbonyl (C=O) groups is 3. The molecule has 0 bridgehead atoms. The molecule has 5 rings (SSSR count). The number of carbonyl (C=O) groups excluding carboxylic acids is 3. The number of halogens is 1. The molecule has 202 valence electrons. The summed E-state index contributed by atoms with van der Waals surface area (Å²) in [5.41, 5.74) is -4.31. The van der Waals surface area contributed by atoms with E-state index in [0.717, 1.165) is 30.3 Å². The summed E-state index contributed by atoms with van der Waals surface area (Å²) in [4.78, 5) is 40.0. The number of piperidine rings is 1. The van der Waals surface area contributed by atoms with Gasteiger partial charge in [0.15, 0.2) is 0 Å². The molecule has 9 heteroatoms. The fourth-order valence-electron chi connectivity index (χ4n) is 4.72. The van der Waals surface area contributed by atoms with E-state index in [0.29, 0.717) is 0 Å². The van der Waals surface area contributed by atoms with Gasteiger partial charge in [0.05, 0.1) is 24.6 Å². The summed E-state index contributed by atoms with van der Waals surface area (Å²) in [6.07, 6.45) is -7.38. The monoisotopic (exact) mass is 534 g/mol. The number of ether oxygens (including phenoxy) is 2. The zero-order valence-electron chi connectivity index (χ0n) is 32.2. The summed E-state index contributed by atoms with van der Waals surface area (Å²) >= 11 is 0. The summed E-state index contributed by atoms with van der Waals surface area (Å²) < 4.78 is 122. The lowest BCUT2D eigenvalue weighted by Crippen LogP contribution is -2.56. The number of imide groups is 1. The third kappa shape index (κ3) is 5.31. The highest BCUT2D eigenvalue weighted by Crippen LogP contribution is 2.34. The highest BCUT2D eigenvalue weighted by molar-refractivity contribution is 6.05. The first-order valence-corrected chi connectivity index (χ1v) is 11.8. The van der Waals surface area contributed by atoms with Crippen LogP contribution in [0.25, 0.3) is 0 Å². The summed E-state index contributed by atoms with van der Waals surface area (Å²) in [5, 5.41) is 1.49. The van der Waals surface area contributed by atoms with Crippen molar-refractivity contribution < 1.29 is 43.3 Å². The molecule has 1 unspecified atom stereocenters. The number of hydrogen-bond donors (Lipinski definition) is 1. The number of nitrogens with one attached hydrogen (secondary N) is 1. The molecule has 0 aromatic heterocycles. The van der Waals surface area contributed by atoms with Crippen molar-refractivity contribution in [2.24, 2.45) is 0 Å². The van der Waals surface area contributed by atoms with Crippen LogP contribution in [0.1, 0.15) is 82.6 Å². The average Bonchev–Trinajstić information content (AvgIpc) is 3.15. The Morgan fingerprint density at radius 3 is 2.55 bits per heavy atom. The molecule has 0 saturated carbocycles. The highest BCUT2D eigenvalue weighted by atomic mass is 19.1. The minimum Gasteiger partial charge on any atom is -0.488 e. The van der Waals surface area contributed by atoms with Gasteiger partial charge in [0.2, 0.25) is 11.8 Å². The van der Waals surface area contributed by atoms with Gasteiger partial charge in [0.25, 0.3) is 5.91 Å². The summed E-state index contributed by atoms with van der Waals surface area (Å²) in [5.74, 6) is -7.05. The van der Waals surface area contributed by atoms with Crippen molar-refractivity contribution in [3.63, 3.8) is 0 Å². The van der Waals surface area contributed by atoms with E-state index >= 15 is 4.39 Å². The molecular weight excluding hydrogens is 489 g/mol. The second-order valence-corrected chi connectivity index (χ2v) is 10.3. The third-order valence-electron chi connectivity index (χ3n) is 5.89. The van der Waals surface area contributed by atoms with Gasteiger partial charge in [-0.3, -0.25) is 24.6 Å². The Kier molecular flexibility index (Phi) is 4.11. The van der Waals surface area contributed by atoms with E-state index in [1.807, 2.05) is 0 Å². The molecule has 0 spiro atoms. The van der Waals surface area contributed by atoms with E-state index in [9.17, 15) is 14.4 Å². The van der Waals surface area contributed by atoms with Crippen LogP contribution >= 0.6 is 0 Å². The minimum absolute atomic E-state index is 0.0649.